The van der Waals surface area contributed by atoms with Gasteiger partial charge in [-0.1, -0.05) is 32.1 Å². The van der Waals surface area contributed by atoms with Gasteiger partial charge in [0.25, 0.3) is 0 Å². The summed E-state index contributed by atoms with van der Waals surface area (Å²) in [5, 5.41) is 6.46. The van der Waals surface area contributed by atoms with Gasteiger partial charge in [-0.2, -0.15) is 0 Å². The fraction of sp³-hybridized carbons (Fsp3) is 0.933. The van der Waals surface area contributed by atoms with Crippen molar-refractivity contribution in [1.29, 1.82) is 0 Å². The number of carbonyl (C=O) groups is 1. The topological polar surface area (TPSA) is 41.1 Å². The van der Waals surface area contributed by atoms with Crippen molar-refractivity contribution in [3.63, 3.8) is 0 Å². The monoisotopic (exact) mass is 288 g/mol. The quantitative estimate of drug-likeness (QED) is 0.817. The Hall–Kier alpha value is -0.280. The van der Waals surface area contributed by atoms with Crippen LogP contribution in [0.4, 0.5) is 0 Å². The van der Waals surface area contributed by atoms with E-state index in [1.165, 1.54) is 38.5 Å². The molecule has 1 amide bonds. The summed E-state index contributed by atoms with van der Waals surface area (Å²) in [5.74, 6) is 1.76. The lowest BCUT2D eigenvalue weighted by Gasteiger charge is -2.23. The molecule has 2 aliphatic rings. The van der Waals surface area contributed by atoms with Gasteiger partial charge < -0.3 is 10.6 Å². The Morgan fingerprint density at radius 3 is 2.37 bits per heavy atom. The van der Waals surface area contributed by atoms with Crippen molar-refractivity contribution in [2.45, 2.75) is 57.8 Å². The van der Waals surface area contributed by atoms with Crippen LogP contribution < -0.4 is 10.6 Å². The second-order valence-electron chi connectivity index (χ2n) is 6.04. The molecule has 2 fully saturated rings. The van der Waals surface area contributed by atoms with Crippen molar-refractivity contribution >= 4 is 18.3 Å². The minimum Gasteiger partial charge on any atom is -0.356 e. The number of nitrogens with one attached hydrogen (secondary N) is 2. The van der Waals surface area contributed by atoms with Crippen LogP contribution in [0.2, 0.25) is 0 Å². The van der Waals surface area contributed by atoms with Crippen LogP contribution >= 0.6 is 12.4 Å². The molecule has 2 N–H and O–H groups in total. The van der Waals surface area contributed by atoms with Gasteiger partial charge in [0, 0.05) is 13.0 Å². The molecular weight excluding hydrogens is 260 g/mol. The number of piperidine rings is 1. The van der Waals surface area contributed by atoms with Crippen LogP contribution in [0, 0.1) is 11.8 Å². The van der Waals surface area contributed by atoms with Crippen molar-refractivity contribution in [3.8, 4) is 0 Å². The highest BCUT2D eigenvalue weighted by Crippen LogP contribution is 2.25. The molecule has 4 heteroatoms. The molecule has 3 nitrogen and oxygen atoms in total. The van der Waals surface area contributed by atoms with Gasteiger partial charge in [0.1, 0.15) is 0 Å². The van der Waals surface area contributed by atoms with Crippen LogP contribution in [0.1, 0.15) is 57.8 Å². The van der Waals surface area contributed by atoms with Gasteiger partial charge in [-0.3, -0.25) is 4.79 Å². The van der Waals surface area contributed by atoms with Crippen molar-refractivity contribution in [2.75, 3.05) is 19.6 Å². The maximum atomic E-state index is 11.8. The van der Waals surface area contributed by atoms with E-state index in [1.807, 2.05) is 0 Å². The zero-order valence-corrected chi connectivity index (χ0v) is 12.8. The predicted molar refractivity (Wildman–Crippen MR) is 81.7 cm³/mol. The lowest BCUT2D eigenvalue weighted by atomic mass is 9.87. The molecule has 1 heterocycles. The number of rotatable bonds is 5. The van der Waals surface area contributed by atoms with Crippen LogP contribution in [0.5, 0.6) is 0 Å². The molecule has 0 spiro atoms. The molecule has 19 heavy (non-hydrogen) atoms. The molecule has 1 saturated heterocycles. The summed E-state index contributed by atoms with van der Waals surface area (Å²) in [5.41, 5.74) is 0. The first kappa shape index (κ1) is 16.8. The lowest BCUT2D eigenvalue weighted by Crippen LogP contribution is -2.33. The minimum absolute atomic E-state index is 0. The minimum atomic E-state index is 0. The van der Waals surface area contributed by atoms with E-state index in [9.17, 15) is 4.79 Å². The fourth-order valence-corrected chi connectivity index (χ4v) is 3.31. The Morgan fingerprint density at radius 2 is 1.68 bits per heavy atom. The summed E-state index contributed by atoms with van der Waals surface area (Å²) < 4.78 is 0. The van der Waals surface area contributed by atoms with Gasteiger partial charge in [0.2, 0.25) is 5.91 Å². The molecule has 1 aliphatic heterocycles. The van der Waals surface area contributed by atoms with Crippen molar-refractivity contribution in [3.05, 3.63) is 0 Å². The maximum Gasteiger partial charge on any atom is 0.220 e. The van der Waals surface area contributed by atoms with Crippen LogP contribution in [0.25, 0.3) is 0 Å². The molecule has 0 unspecified atom stereocenters. The van der Waals surface area contributed by atoms with Gasteiger partial charge in [0.05, 0.1) is 0 Å². The SMILES string of the molecule is Cl.O=C(CC1CCNCC1)NCCC1CCCCC1. The largest absolute Gasteiger partial charge is 0.356 e. The molecule has 2 rings (SSSR count). The van der Waals surface area contributed by atoms with Crippen LogP contribution in [0.15, 0.2) is 0 Å². The summed E-state index contributed by atoms with van der Waals surface area (Å²) in [6, 6.07) is 0. The second-order valence-corrected chi connectivity index (χ2v) is 6.04. The number of carbonyl (C=O) groups excluding carboxylic acids is 1. The normalized spacial score (nSPS) is 21.7. The Bertz CT molecular complexity index is 249. The molecule has 112 valence electrons. The Labute approximate surface area is 123 Å². The molecule has 0 radical (unpaired) electrons. The lowest BCUT2D eigenvalue weighted by molar-refractivity contribution is -0.122. The number of hydrogen-bond donors (Lipinski definition) is 2. The molecular formula is C15H29ClN2O. The van der Waals surface area contributed by atoms with E-state index in [0.717, 1.165) is 44.8 Å². The van der Waals surface area contributed by atoms with Gasteiger partial charge >= 0.3 is 0 Å². The third kappa shape index (κ3) is 6.62. The van der Waals surface area contributed by atoms with Crippen molar-refractivity contribution in [1.82, 2.24) is 10.6 Å². The summed E-state index contributed by atoms with van der Waals surface area (Å²) >= 11 is 0. The first-order valence-electron chi connectivity index (χ1n) is 7.82. The zero-order valence-electron chi connectivity index (χ0n) is 12.0. The average molecular weight is 289 g/mol. The van der Waals surface area contributed by atoms with E-state index >= 15 is 0 Å². The standard InChI is InChI=1S/C15H28N2O.ClH/c18-15(12-14-6-9-16-10-7-14)17-11-8-13-4-2-1-3-5-13;/h13-14,16H,1-12H2,(H,17,18);1H. The number of halogens is 1. The molecule has 1 saturated carbocycles. The Balaban J connectivity index is 0.00000180. The van der Waals surface area contributed by atoms with E-state index in [0.29, 0.717) is 5.92 Å². The highest BCUT2D eigenvalue weighted by molar-refractivity contribution is 5.85. The van der Waals surface area contributed by atoms with Crippen molar-refractivity contribution in [2.24, 2.45) is 11.8 Å². The summed E-state index contributed by atoms with van der Waals surface area (Å²) in [7, 11) is 0. The van der Waals surface area contributed by atoms with E-state index in [4.69, 9.17) is 0 Å². The molecule has 0 bridgehead atoms. The Kier molecular flexibility index (Phi) is 8.47. The molecule has 1 aliphatic carbocycles. The predicted octanol–water partition coefficient (Wildman–Crippen LogP) is 2.88. The molecule has 0 atom stereocenters. The summed E-state index contributed by atoms with van der Waals surface area (Å²) in [6.07, 6.45) is 11.2. The van der Waals surface area contributed by atoms with Crippen molar-refractivity contribution < 1.29 is 4.79 Å². The fourth-order valence-electron chi connectivity index (χ4n) is 3.31. The summed E-state index contributed by atoms with van der Waals surface area (Å²) in [6.45, 7) is 3.06. The summed E-state index contributed by atoms with van der Waals surface area (Å²) in [4.78, 5) is 11.8. The highest BCUT2D eigenvalue weighted by Gasteiger charge is 2.17. The van der Waals surface area contributed by atoms with Crippen LogP contribution in [-0.2, 0) is 4.79 Å². The maximum absolute atomic E-state index is 11.8. The van der Waals surface area contributed by atoms with Gasteiger partial charge in [-0.25, -0.2) is 0 Å². The van der Waals surface area contributed by atoms with Gasteiger partial charge in [-0.05, 0) is 44.2 Å². The molecule has 0 aromatic carbocycles. The highest BCUT2D eigenvalue weighted by atomic mass is 35.5. The molecule has 0 aromatic rings. The Morgan fingerprint density at radius 1 is 1.00 bits per heavy atom. The van der Waals surface area contributed by atoms with Crippen LogP contribution in [0.3, 0.4) is 0 Å². The first-order valence-corrected chi connectivity index (χ1v) is 7.82. The van der Waals surface area contributed by atoms with Gasteiger partial charge in [-0.15, -0.1) is 12.4 Å². The zero-order chi connectivity index (χ0) is 12.6. The average Bonchev–Trinajstić information content (AvgIpc) is 2.41. The van der Waals surface area contributed by atoms with Crippen LogP contribution in [-0.4, -0.2) is 25.5 Å². The smallest absolute Gasteiger partial charge is 0.220 e. The first-order chi connectivity index (χ1) is 8.84. The van der Waals surface area contributed by atoms with Gasteiger partial charge in [0.15, 0.2) is 0 Å². The van der Waals surface area contributed by atoms with E-state index in [-0.39, 0.29) is 18.3 Å². The second kappa shape index (κ2) is 9.60. The van der Waals surface area contributed by atoms with E-state index < -0.39 is 0 Å². The number of amides is 1. The molecule has 0 aromatic heterocycles. The third-order valence-electron chi connectivity index (χ3n) is 4.53. The third-order valence-corrected chi connectivity index (χ3v) is 4.53. The van der Waals surface area contributed by atoms with E-state index in [2.05, 4.69) is 10.6 Å². The van der Waals surface area contributed by atoms with E-state index in [1.54, 1.807) is 0 Å². The number of hydrogen-bond acceptors (Lipinski definition) is 2.